The van der Waals surface area contributed by atoms with Gasteiger partial charge in [0.15, 0.2) is 0 Å². The van der Waals surface area contributed by atoms with Crippen LogP contribution in [0, 0.1) is 5.92 Å². The number of carboxylic acids is 1. The van der Waals surface area contributed by atoms with E-state index < -0.39 is 5.97 Å². The monoisotopic (exact) mass is 237 g/mol. The number of piperidine rings is 1. The Morgan fingerprint density at radius 2 is 2.41 bits per heavy atom. The van der Waals surface area contributed by atoms with Crippen molar-refractivity contribution in [3.63, 3.8) is 0 Å². The number of hydrogen-bond acceptors (Lipinski definition) is 3. The highest BCUT2D eigenvalue weighted by Gasteiger charge is 2.26. The molecule has 1 amide bonds. The van der Waals surface area contributed by atoms with Gasteiger partial charge in [0.1, 0.15) is 5.69 Å². The number of aromatic amines is 1. The Hall–Kier alpha value is -1.85. The van der Waals surface area contributed by atoms with E-state index in [1.54, 1.807) is 4.90 Å². The molecule has 2 rings (SSSR count). The van der Waals surface area contributed by atoms with E-state index in [0.29, 0.717) is 18.8 Å². The molecule has 1 saturated heterocycles. The summed E-state index contributed by atoms with van der Waals surface area (Å²) >= 11 is 0. The lowest BCUT2D eigenvalue weighted by Gasteiger charge is -2.31. The molecule has 0 radical (unpaired) electrons. The number of carbonyl (C=O) groups is 2. The number of carbonyl (C=O) groups excluding carboxylic acids is 1. The topological polar surface area (TPSA) is 86.3 Å². The van der Waals surface area contributed by atoms with Gasteiger partial charge in [-0.15, -0.1) is 0 Å². The van der Waals surface area contributed by atoms with Gasteiger partial charge < -0.3 is 15.0 Å². The van der Waals surface area contributed by atoms with E-state index in [1.165, 1.54) is 12.5 Å². The molecule has 2 heterocycles. The van der Waals surface area contributed by atoms with Gasteiger partial charge in [0.2, 0.25) is 0 Å². The number of amides is 1. The van der Waals surface area contributed by atoms with Crippen LogP contribution in [0.25, 0.3) is 0 Å². The Morgan fingerprint density at radius 3 is 3.06 bits per heavy atom. The van der Waals surface area contributed by atoms with Gasteiger partial charge >= 0.3 is 5.97 Å². The number of carboxylic acid groups (broad SMARTS) is 1. The third-order valence-corrected chi connectivity index (χ3v) is 3.00. The van der Waals surface area contributed by atoms with Crippen LogP contribution in [0.2, 0.25) is 0 Å². The molecule has 1 atom stereocenters. The molecule has 0 spiro atoms. The minimum Gasteiger partial charge on any atom is -0.481 e. The molecule has 1 unspecified atom stereocenters. The summed E-state index contributed by atoms with van der Waals surface area (Å²) in [4.78, 5) is 30.9. The van der Waals surface area contributed by atoms with Gasteiger partial charge in [-0.05, 0) is 18.8 Å². The van der Waals surface area contributed by atoms with E-state index in [1.807, 2.05) is 0 Å². The lowest BCUT2D eigenvalue weighted by atomic mass is 9.95. The lowest BCUT2D eigenvalue weighted by Crippen LogP contribution is -2.40. The molecule has 17 heavy (non-hydrogen) atoms. The van der Waals surface area contributed by atoms with E-state index in [4.69, 9.17) is 5.11 Å². The van der Waals surface area contributed by atoms with Crippen molar-refractivity contribution < 1.29 is 14.7 Å². The summed E-state index contributed by atoms with van der Waals surface area (Å²) in [7, 11) is 0. The van der Waals surface area contributed by atoms with E-state index >= 15 is 0 Å². The molecule has 0 bridgehead atoms. The highest BCUT2D eigenvalue weighted by molar-refractivity contribution is 5.92. The average Bonchev–Trinajstić information content (AvgIpc) is 2.81. The van der Waals surface area contributed by atoms with E-state index in [2.05, 4.69) is 9.97 Å². The van der Waals surface area contributed by atoms with Crippen LogP contribution in [-0.2, 0) is 4.79 Å². The van der Waals surface area contributed by atoms with E-state index in [9.17, 15) is 9.59 Å². The highest BCUT2D eigenvalue weighted by atomic mass is 16.4. The summed E-state index contributed by atoms with van der Waals surface area (Å²) in [6.07, 6.45) is 4.82. The van der Waals surface area contributed by atoms with E-state index in [0.717, 1.165) is 12.8 Å². The SMILES string of the molecule is O=C(O)CC1CCCN(C(=O)c2cnc[nH]2)C1. The third-order valence-electron chi connectivity index (χ3n) is 3.00. The maximum Gasteiger partial charge on any atom is 0.303 e. The van der Waals surface area contributed by atoms with Gasteiger partial charge in [-0.2, -0.15) is 0 Å². The van der Waals surface area contributed by atoms with Gasteiger partial charge in [-0.1, -0.05) is 0 Å². The molecule has 6 heteroatoms. The van der Waals surface area contributed by atoms with Crippen molar-refractivity contribution >= 4 is 11.9 Å². The molecule has 1 aliphatic rings. The van der Waals surface area contributed by atoms with Crippen molar-refractivity contribution in [2.75, 3.05) is 13.1 Å². The smallest absolute Gasteiger partial charge is 0.303 e. The average molecular weight is 237 g/mol. The van der Waals surface area contributed by atoms with Crippen LogP contribution in [0.1, 0.15) is 29.8 Å². The minimum absolute atomic E-state index is 0.0631. The number of aromatic nitrogens is 2. The van der Waals surface area contributed by atoms with Crippen molar-refractivity contribution in [2.45, 2.75) is 19.3 Å². The first kappa shape index (κ1) is 11.6. The molecule has 1 fully saturated rings. The summed E-state index contributed by atoms with van der Waals surface area (Å²) in [5, 5.41) is 8.75. The van der Waals surface area contributed by atoms with Gasteiger partial charge in [0.05, 0.1) is 12.5 Å². The molecule has 0 aromatic carbocycles. The van der Waals surface area contributed by atoms with Crippen LogP contribution in [0.4, 0.5) is 0 Å². The first-order valence-corrected chi connectivity index (χ1v) is 5.66. The van der Waals surface area contributed by atoms with Crippen molar-refractivity contribution in [2.24, 2.45) is 5.92 Å². The maximum absolute atomic E-state index is 12.0. The van der Waals surface area contributed by atoms with Gasteiger partial charge in [-0.25, -0.2) is 4.98 Å². The fraction of sp³-hybridized carbons (Fsp3) is 0.545. The summed E-state index contributed by atoms with van der Waals surface area (Å²) in [5.41, 5.74) is 0.459. The first-order chi connectivity index (χ1) is 8.16. The van der Waals surface area contributed by atoms with Gasteiger partial charge in [0, 0.05) is 19.5 Å². The predicted octanol–water partition coefficient (Wildman–Crippen LogP) is 0.737. The fourth-order valence-electron chi connectivity index (χ4n) is 2.21. The van der Waals surface area contributed by atoms with Crippen molar-refractivity contribution in [3.05, 3.63) is 18.2 Å². The molecule has 0 saturated carbocycles. The fourth-order valence-corrected chi connectivity index (χ4v) is 2.21. The number of rotatable bonds is 3. The molecular weight excluding hydrogens is 222 g/mol. The lowest BCUT2D eigenvalue weighted by molar-refractivity contribution is -0.138. The molecular formula is C11H15N3O3. The van der Waals surface area contributed by atoms with Crippen LogP contribution >= 0.6 is 0 Å². The summed E-state index contributed by atoms with van der Waals surface area (Å²) in [6, 6.07) is 0. The Bertz CT molecular complexity index is 402. The molecule has 1 aliphatic heterocycles. The van der Waals surface area contributed by atoms with Crippen molar-refractivity contribution in [1.29, 1.82) is 0 Å². The van der Waals surface area contributed by atoms with Crippen molar-refractivity contribution in [1.82, 2.24) is 14.9 Å². The summed E-state index contributed by atoms with van der Waals surface area (Å²) < 4.78 is 0. The number of imidazole rings is 1. The zero-order valence-corrected chi connectivity index (χ0v) is 9.43. The van der Waals surface area contributed by atoms with Crippen LogP contribution in [0.15, 0.2) is 12.5 Å². The number of hydrogen-bond donors (Lipinski definition) is 2. The Morgan fingerprint density at radius 1 is 1.59 bits per heavy atom. The third kappa shape index (κ3) is 2.83. The zero-order chi connectivity index (χ0) is 12.3. The van der Waals surface area contributed by atoms with E-state index in [-0.39, 0.29) is 18.2 Å². The molecule has 1 aromatic rings. The van der Waals surface area contributed by atoms with Crippen LogP contribution in [0.3, 0.4) is 0 Å². The van der Waals surface area contributed by atoms with Gasteiger partial charge in [-0.3, -0.25) is 9.59 Å². The first-order valence-electron chi connectivity index (χ1n) is 5.66. The normalized spacial score (nSPS) is 20.2. The van der Waals surface area contributed by atoms with Crippen LogP contribution < -0.4 is 0 Å². The summed E-state index contributed by atoms with van der Waals surface area (Å²) in [6.45, 7) is 1.21. The van der Waals surface area contributed by atoms with Crippen LogP contribution in [0.5, 0.6) is 0 Å². The second kappa shape index (κ2) is 4.99. The Kier molecular flexibility index (Phi) is 3.41. The van der Waals surface area contributed by atoms with Gasteiger partial charge in [0.25, 0.3) is 5.91 Å². The molecule has 92 valence electrons. The number of nitrogens with one attached hydrogen (secondary N) is 1. The largest absolute Gasteiger partial charge is 0.481 e. The highest BCUT2D eigenvalue weighted by Crippen LogP contribution is 2.20. The van der Waals surface area contributed by atoms with Crippen LogP contribution in [-0.4, -0.2) is 44.9 Å². The number of nitrogens with zero attached hydrogens (tertiary/aromatic N) is 2. The molecule has 1 aromatic heterocycles. The second-order valence-corrected chi connectivity index (χ2v) is 4.32. The van der Waals surface area contributed by atoms with Crippen molar-refractivity contribution in [3.8, 4) is 0 Å². The molecule has 0 aliphatic carbocycles. The number of likely N-dealkylation sites (tertiary alicyclic amines) is 1. The zero-order valence-electron chi connectivity index (χ0n) is 9.43. The standard InChI is InChI=1S/C11H15N3O3/c15-10(16)4-8-2-1-3-14(6-8)11(17)9-5-12-7-13-9/h5,7-8H,1-4,6H2,(H,12,13)(H,15,16). The Balaban J connectivity index is 1.97. The quantitative estimate of drug-likeness (QED) is 0.811. The minimum atomic E-state index is -0.800. The second-order valence-electron chi connectivity index (χ2n) is 4.32. The summed E-state index contributed by atoms with van der Waals surface area (Å²) in [5.74, 6) is -0.837. The molecule has 6 nitrogen and oxygen atoms in total. The predicted molar refractivity (Wildman–Crippen MR) is 59.5 cm³/mol. The number of H-pyrrole nitrogens is 1. The number of aliphatic carboxylic acids is 1. The Labute approximate surface area is 98.7 Å². The maximum atomic E-state index is 12.0. The molecule has 2 N–H and O–H groups in total.